The van der Waals surface area contributed by atoms with Crippen molar-refractivity contribution in [2.24, 2.45) is 17.3 Å². The number of carbonyl (C=O) groups excluding carboxylic acids is 2. The standard InChI is InChI=1S/C32H39F5N2O3/c1-29-18-25(19-5-7-20(8-6-19)28(41)38-15-4-16-39(2)3)27-23-12-10-22(40)17-21(23)9-11-24(27)26(29)13-14-30(29,42)31(33,34)32(35,36)37/h5-8,17,24-26,42H,4,9-16,18H2,1-3H3,(H,38,41)/t24-,25+,26-,29-,30-/m0/s1. The summed E-state index contributed by atoms with van der Waals surface area (Å²) in [5.41, 5.74) is -0.891. The molecule has 0 aromatic heterocycles. The molecule has 5 nitrogen and oxygen atoms in total. The molecule has 10 heteroatoms. The first kappa shape index (κ1) is 30.9. The van der Waals surface area contributed by atoms with Gasteiger partial charge in [-0.15, -0.1) is 0 Å². The van der Waals surface area contributed by atoms with Crippen LogP contribution < -0.4 is 5.32 Å². The molecule has 0 heterocycles. The summed E-state index contributed by atoms with van der Waals surface area (Å²) in [6, 6.07) is 6.80. The molecule has 0 saturated heterocycles. The first-order valence-corrected chi connectivity index (χ1v) is 14.8. The molecule has 0 spiro atoms. The van der Waals surface area contributed by atoms with Crippen molar-refractivity contribution in [1.82, 2.24) is 10.2 Å². The minimum Gasteiger partial charge on any atom is -0.383 e. The van der Waals surface area contributed by atoms with Crippen LogP contribution in [0.15, 0.2) is 47.1 Å². The summed E-state index contributed by atoms with van der Waals surface area (Å²) in [6.45, 7) is 2.73. The van der Waals surface area contributed by atoms with Crippen LogP contribution in [-0.4, -0.2) is 66.6 Å². The Hall–Kier alpha value is -2.59. The first-order valence-electron chi connectivity index (χ1n) is 14.8. The van der Waals surface area contributed by atoms with E-state index in [-0.39, 0.29) is 30.4 Å². The number of allylic oxidation sites excluding steroid dienone is 4. The molecule has 2 N–H and O–H groups in total. The monoisotopic (exact) mass is 594 g/mol. The Bertz CT molecular complexity index is 1300. The van der Waals surface area contributed by atoms with Crippen LogP contribution in [0.5, 0.6) is 0 Å². The number of nitrogens with one attached hydrogen (secondary N) is 1. The molecule has 0 bridgehead atoms. The highest BCUT2D eigenvalue weighted by molar-refractivity contribution is 5.94. The third-order valence-electron chi connectivity index (χ3n) is 10.4. The minimum absolute atomic E-state index is 0.0333. The van der Waals surface area contributed by atoms with Crippen LogP contribution in [0.3, 0.4) is 0 Å². The lowest BCUT2D eigenvalue weighted by atomic mass is 9.50. The molecule has 1 aromatic carbocycles. The molecular weight excluding hydrogens is 555 g/mol. The normalized spacial score (nSPS) is 31.4. The number of benzene rings is 1. The van der Waals surface area contributed by atoms with E-state index in [0.717, 1.165) is 29.7 Å². The van der Waals surface area contributed by atoms with Crippen molar-refractivity contribution in [3.63, 3.8) is 0 Å². The number of carbonyl (C=O) groups is 2. The molecule has 42 heavy (non-hydrogen) atoms. The van der Waals surface area contributed by atoms with Crippen molar-refractivity contribution in [1.29, 1.82) is 0 Å². The van der Waals surface area contributed by atoms with E-state index in [1.807, 2.05) is 19.0 Å². The summed E-state index contributed by atoms with van der Waals surface area (Å²) >= 11 is 0. The Kier molecular flexibility index (Phi) is 7.97. The van der Waals surface area contributed by atoms with Crippen molar-refractivity contribution in [2.45, 2.75) is 81.9 Å². The number of ketones is 1. The van der Waals surface area contributed by atoms with Crippen LogP contribution in [0, 0.1) is 17.3 Å². The van der Waals surface area contributed by atoms with Gasteiger partial charge in [0.2, 0.25) is 0 Å². The number of hydrogen-bond acceptors (Lipinski definition) is 4. The molecule has 5 atom stereocenters. The van der Waals surface area contributed by atoms with Gasteiger partial charge in [-0.2, -0.15) is 22.0 Å². The van der Waals surface area contributed by atoms with Gasteiger partial charge in [0.25, 0.3) is 5.91 Å². The zero-order valence-corrected chi connectivity index (χ0v) is 24.3. The maximum absolute atomic E-state index is 15.1. The second kappa shape index (κ2) is 10.8. The van der Waals surface area contributed by atoms with Gasteiger partial charge in [-0.3, -0.25) is 9.59 Å². The average Bonchev–Trinajstić information content (AvgIpc) is 3.21. The molecule has 2 saturated carbocycles. The first-order chi connectivity index (χ1) is 19.6. The Balaban J connectivity index is 1.53. The smallest absolute Gasteiger partial charge is 0.383 e. The summed E-state index contributed by atoms with van der Waals surface area (Å²) in [5.74, 6) is -6.86. The third kappa shape index (κ3) is 4.92. The van der Waals surface area contributed by atoms with Gasteiger partial charge < -0.3 is 15.3 Å². The second-order valence-corrected chi connectivity index (χ2v) is 13.0. The van der Waals surface area contributed by atoms with Gasteiger partial charge in [0.05, 0.1) is 0 Å². The zero-order chi connectivity index (χ0) is 30.7. The van der Waals surface area contributed by atoms with Crippen LogP contribution in [0.1, 0.15) is 80.1 Å². The van der Waals surface area contributed by atoms with E-state index in [1.165, 1.54) is 6.92 Å². The summed E-state index contributed by atoms with van der Waals surface area (Å²) in [6.07, 6.45) is -2.21. The fourth-order valence-corrected chi connectivity index (χ4v) is 8.28. The van der Waals surface area contributed by atoms with Crippen LogP contribution in [0.4, 0.5) is 22.0 Å². The van der Waals surface area contributed by atoms with Crippen molar-refractivity contribution in [3.8, 4) is 0 Å². The Morgan fingerprint density at radius 1 is 1.07 bits per heavy atom. The molecule has 0 unspecified atom stereocenters. The van der Waals surface area contributed by atoms with Crippen molar-refractivity contribution in [2.75, 3.05) is 27.2 Å². The average molecular weight is 595 g/mol. The van der Waals surface area contributed by atoms with E-state index >= 15 is 8.78 Å². The molecular formula is C32H39F5N2O3. The van der Waals surface area contributed by atoms with Gasteiger partial charge in [-0.1, -0.05) is 24.6 Å². The van der Waals surface area contributed by atoms with Crippen molar-refractivity contribution in [3.05, 3.63) is 58.2 Å². The van der Waals surface area contributed by atoms with E-state index in [2.05, 4.69) is 5.32 Å². The largest absolute Gasteiger partial charge is 0.456 e. The van der Waals surface area contributed by atoms with E-state index < -0.39 is 41.4 Å². The van der Waals surface area contributed by atoms with Gasteiger partial charge in [0, 0.05) is 29.9 Å². The van der Waals surface area contributed by atoms with Crippen LogP contribution in [0.2, 0.25) is 0 Å². The van der Waals surface area contributed by atoms with Gasteiger partial charge in [0.15, 0.2) is 5.78 Å². The van der Waals surface area contributed by atoms with Gasteiger partial charge >= 0.3 is 12.1 Å². The van der Waals surface area contributed by atoms with Gasteiger partial charge in [-0.25, -0.2) is 0 Å². The lowest BCUT2D eigenvalue weighted by molar-refractivity contribution is -0.362. The van der Waals surface area contributed by atoms with E-state index in [4.69, 9.17) is 0 Å². The number of aliphatic hydroxyl groups is 1. The topological polar surface area (TPSA) is 69.6 Å². The second-order valence-electron chi connectivity index (χ2n) is 13.0. The van der Waals surface area contributed by atoms with Crippen LogP contribution in [0.25, 0.3) is 0 Å². The van der Waals surface area contributed by atoms with E-state index in [0.29, 0.717) is 43.4 Å². The molecule has 0 radical (unpaired) electrons. The molecule has 0 aliphatic heterocycles. The van der Waals surface area contributed by atoms with E-state index in [1.54, 1.807) is 30.3 Å². The lowest BCUT2D eigenvalue weighted by Crippen LogP contribution is -2.65. The third-order valence-corrected chi connectivity index (χ3v) is 10.4. The van der Waals surface area contributed by atoms with Crippen molar-refractivity contribution < 1.29 is 36.6 Å². The molecule has 5 rings (SSSR count). The molecule has 2 fully saturated rings. The van der Waals surface area contributed by atoms with E-state index in [9.17, 15) is 27.9 Å². The SMILES string of the molecule is CN(C)CCCNC(=O)c1ccc([C@H]2C[C@@]3(C)[C@@H](CC[C@@]3(O)C(F)(F)C(F)(F)F)[C@@H]3CCC4=CC(=O)CCC4=C32)cc1. The van der Waals surface area contributed by atoms with Crippen molar-refractivity contribution >= 4 is 11.7 Å². The number of nitrogens with zero attached hydrogens (tertiary/aromatic N) is 1. The summed E-state index contributed by atoms with van der Waals surface area (Å²) in [7, 11) is 3.89. The summed E-state index contributed by atoms with van der Waals surface area (Å²) in [4.78, 5) is 27.0. The maximum Gasteiger partial charge on any atom is 0.456 e. The number of halogens is 5. The molecule has 230 valence electrons. The Morgan fingerprint density at radius 2 is 1.76 bits per heavy atom. The van der Waals surface area contributed by atoms with Gasteiger partial charge in [-0.05, 0) is 112 Å². The van der Waals surface area contributed by atoms with Crippen LogP contribution in [-0.2, 0) is 4.79 Å². The predicted molar refractivity (Wildman–Crippen MR) is 148 cm³/mol. The quantitative estimate of drug-likeness (QED) is 0.292. The fourth-order valence-electron chi connectivity index (χ4n) is 8.28. The zero-order valence-electron chi connectivity index (χ0n) is 24.3. The highest BCUT2D eigenvalue weighted by Gasteiger charge is 2.79. The summed E-state index contributed by atoms with van der Waals surface area (Å²) < 4.78 is 71.5. The lowest BCUT2D eigenvalue weighted by Gasteiger charge is -2.56. The predicted octanol–water partition coefficient (Wildman–Crippen LogP) is 6.20. The molecule has 4 aliphatic rings. The Labute approximate surface area is 243 Å². The molecule has 1 aromatic rings. The minimum atomic E-state index is -5.89. The molecule has 1 amide bonds. The number of fused-ring (bicyclic) bond motifs is 4. The fraction of sp³-hybridized carbons (Fsp3) is 0.625. The maximum atomic E-state index is 15.1. The highest BCUT2D eigenvalue weighted by atomic mass is 19.4. The highest BCUT2D eigenvalue weighted by Crippen LogP contribution is 2.70. The number of hydrogen-bond donors (Lipinski definition) is 2. The number of rotatable bonds is 7. The Morgan fingerprint density at radius 3 is 2.40 bits per heavy atom. The number of amides is 1. The van der Waals surface area contributed by atoms with Crippen LogP contribution >= 0.6 is 0 Å². The summed E-state index contributed by atoms with van der Waals surface area (Å²) in [5, 5.41) is 14.3. The molecule has 4 aliphatic carbocycles. The van der Waals surface area contributed by atoms with Gasteiger partial charge in [0.1, 0.15) is 5.60 Å². The number of alkyl halides is 5.